The molecule has 0 fully saturated rings. The number of ketones is 2. The van der Waals surface area contributed by atoms with Crippen molar-refractivity contribution < 1.29 is 33.6 Å². The van der Waals surface area contributed by atoms with Gasteiger partial charge in [-0.15, -0.1) is 0 Å². The van der Waals surface area contributed by atoms with E-state index in [0.29, 0.717) is 64.6 Å². The molecule has 1 rings (SSSR count). The number of benzene rings is 1. The van der Waals surface area contributed by atoms with Crippen LogP contribution in [-0.2, 0) is 40.0 Å². The number of rotatable bonds is 25. The lowest BCUT2D eigenvalue weighted by atomic mass is 10.1. The number of nitrogens with one attached hydrogen (secondary N) is 4. The van der Waals surface area contributed by atoms with Gasteiger partial charge in [0.1, 0.15) is 11.6 Å². The number of Topliss-reactive ketones (excluding diaryl/α,β-unsaturated/α-hetero) is 2. The van der Waals surface area contributed by atoms with E-state index >= 15 is 0 Å². The monoisotopic (exact) mass is 644 g/mol. The van der Waals surface area contributed by atoms with Crippen molar-refractivity contribution in [2.24, 2.45) is 5.73 Å². The summed E-state index contributed by atoms with van der Waals surface area (Å²) in [6.45, 7) is 3.64. The number of amides is 5. The number of unbranched alkanes of at least 4 members (excludes halogenated alkanes) is 4. The molecule has 0 unspecified atom stereocenters. The van der Waals surface area contributed by atoms with Crippen LogP contribution in [0.25, 0.3) is 0 Å². The standard InChI is InChI=1S/C33H52N6O7/c1-25(40)13-6-4-10-18-35-30(43)22-39(24-32(45)37-20-12-14-26(2)41)23-31(44)36-19-11-5-9-17-29(42)38-33(46)28(34)21-27-15-7-3-8-16-27/h3,7-8,15-16,28H,4-6,9-14,17-24,34H2,1-2H3,(H,35,43)(H,36,44)(H,37,45)(H,38,42,46)/t28-/m0/s1. The second kappa shape index (κ2) is 24.3. The largest absolute Gasteiger partial charge is 0.355 e. The minimum atomic E-state index is -0.825. The predicted octanol–water partition coefficient (Wildman–Crippen LogP) is 0.929. The van der Waals surface area contributed by atoms with E-state index in [0.717, 1.165) is 24.8 Å². The lowest BCUT2D eigenvalue weighted by molar-refractivity contribution is -0.132. The lowest BCUT2D eigenvalue weighted by Gasteiger charge is -2.21. The van der Waals surface area contributed by atoms with Gasteiger partial charge in [-0.1, -0.05) is 43.2 Å². The van der Waals surface area contributed by atoms with Gasteiger partial charge in [0.15, 0.2) is 0 Å². The summed E-state index contributed by atoms with van der Waals surface area (Å²) < 4.78 is 0. The average Bonchev–Trinajstić information content (AvgIpc) is 2.99. The van der Waals surface area contributed by atoms with Gasteiger partial charge < -0.3 is 31.3 Å². The maximum atomic E-state index is 12.6. The van der Waals surface area contributed by atoms with Gasteiger partial charge in [-0.3, -0.25) is 34.2 Å². The van der Waals surface area contributed by atoms with E-state index in [1.807, 2.05) is 30.3 Å². The van der Waals surface area contributed by atoms with Crippen LogP contribution in [0.2, 0.25) is 0 Å². The minimum Gasteiger partial charge on any atom is -0.355 e. The van der Waals surface area contributed by atoms with Gasteiger partial charge in [0, 0.05) is 38.9 Å². The summed E-state index contributed by atoms with van der Waals surface area (Å²) in [6, 6.07) is 8.48. The van der Waals surface area contributed by atoms with Crippen LogP contribution in [0.4, 0.5) is 0 Å². The van der Waals surface area contributed by atoms with Gasteiger partial charge in [-0.2, -0.15) is 0 Å². The summed E-state index contributed by atoms with van der Waals surface area (Å²) in [5.41, 5.74) is 6.82. The first kappa shape index (κ1) is 40.1. The molecule has 46 heavy (non-hydrogen) atoms. The Morgan fingerprint density at radius 3 is 1.57 bits per heavy atom. The molecule has 0 heterocycles. The zero-order chi connectivity index (χ0) is 34.2. The van der Waals surface area contributed by atoms with E-state index < -0.39 is 17.9 Å². The molecule has 0 aliphatic heterocycles. The van der Waals surface area contributed by atoms with Crippen LogP contribution in [0, 0.1) is 0 Å². The molecule has 13 heteroatoms. The molecule has 0 spiro atoms. The fourth-order valence-electron chi connectivity index (χ4n) is 4.48. The van der Waals surface area contributed by atoms with Crippen LogP contribution in [-0.4, -0.2) is 91.3 Å². The summed E-state index contributed by atoms with van der Waals surface area (Å²) in [5, 5.41) is 10.6. The van der Waals surface area contributed by atoms with Crippen molar-refractivity contribution in [3.63, 3.8) is 0 Å². The van der Waals surface area contributed by atoms with Crippen LogP contribution >= 0.6 is 0 Å². The van der Waals surface area contributed by atoms with E-state index in [-0.39, 0.29) is 55.3 Å². The maximum Gasteiger partial charge on any atom is 0.243 e. The summed E-state index contributed by atoms with van der Waals surface area (Å²) in [4.78, 5) is 85.5. The number of imide groups is 1. The van der Waals surface area contributed by atoms with Crippen LogP contribution in [0.3, 0.4) is 0 Å². The molecule has 13 nitrogen and oxygen atoms in total. The van der Waals surface area contributed by atoms with Gasteiger partial charge in [-0.05, 0) is 57.9 Å². The Kier molecular flexibility index (Phi) is 21.1. The Morgan fingerprint density at radius 1 is 0.609 bits per heavy atom. The van der Waals surface area contributed by atoms with Gasteiger partial charge in [-0.25, -0.2) is 0 Å². The highest BCUT2D eigenvalue weighted by Gasteiger charge is 2.18. The molecule has 6 N–H and O–H groups in total. The van der Waals surface area contributed by atoms with Crippen molar-refractivity contribution in [1.82, 2.24) is 26.2 Å². The molecule has 256 valence electrons. The van der Waals surface area contributed by atoms with Crippen molar-refractivity contribution in [2.75, 3.05) is 39.3 Å². The molecule has 0 saturated carbocycles. The average molecular weight is 645 g/mol. The third kappa shape index (κ3) is 21.7. The van der Waals surface area contributed by atoms with Crippen LogP contribution in [0.5, 0.6) is 0 Å². The van der Waals surface area contributed by atoms with Crippen molar-refractivity contribution >= 4 is 41.1 Å². The molecule has 1 atom stereocenters. The number of hydrogen-bond acceptors (Lipinski definition) is 9. The summed E-state index contributed by atoms with van der Waals surface area (Å²) in [7, 11) is 0. The van der Waals surface area contributed by atoms with E-state index in [1.54, 1.807) is 6.92 Å². The maximum absolute atomic E-state index is 12.6. The lowest BCUT2D eigenvalue weighted by Crippen LogP contribution is -2.47. The van der Waals surface area contributed by atoms with Crippen LogP contribution in [0.15, 0.2) is 30.3 Å². The highest BCUT2D eigenvalue weighted by atomic mass is 16.2. The Balaban J connectivity index is 2.38. The quantitative estimate of drug-likeness (QED) is 0.0962. The van der Waals surface area contributed by atoms with Crippen molar-refractivity contribution in [3.8, 4) is 0 Å². The fourth-order valence-corrected chi connectivity index (χ4v) is 4.48. The van der Waals surface area contributed by atoms with E-state index in [2.05, 4.69) is 21.3 Å². The summed E-state index contributed by atoms with van der Waals surface area (Å²) in [6.07, 6.45) is 5.90. The van der Waals surface area contributed by atoms with E-state index in [1.165, 1.54) is 11.8 Å². The Bertz CT molecular complexity index is 1130. The molecule has 1 aromatic rings. The molecular formula is C33H52N6O7. The highest BCUT2D eigenvalue weighted by molar-refractivity contribution is 5.97. The molecular weight excluding hydrogens is 592 g/mol. The minimum absolute atomic E-state index is 0.0307. The smallest absolute Gasteiger partial charge is 0.243 e. The molecule has 0 aromatic heterocycles. The Hall–Kier alpha value is -3.97. The molecule has 0 aliphatic rings. The molecule has 0 aliphatic carbocycles. The SMILES string of the molecule is CC(=O)CCCCCNC(=O)CN(CC(=O)NCCCCCC(=O)NC(=O)[C@@H](N)Cc1ccccc1)CC(=O)NCCCC(C)=O. The van der Waals surface area contributed by atoms with Gasteiger partial charge in [0.2, 0.25) is 29.5 Å². The third-order valence-corrected chi connectivity index (χ3v) is 6.96. The van der Waals surface area contributed by atoms with E-state index in [9.17, 15) is 33.6 Å². The zero-order valence-corrected chi connectivity index (χ0v) is 27.4. The predicted molar refractivity (Wildman–Crippen MR) is 174 cm³/mol. The third-order valence-electron chi connectivity index (χ3n) is 6.96. The van der Waals surface area contributed by atoms with E-state index in [4.69, 9.17) is 5.73 Å². The molecule has 0 saturated heterocycles. The molecule has 0 bridgehead atoms. The zero-order valence-electron chi connectivity index (χ0n) is 27.4. The number of carbonyl (C=O) groups is 7. The topological polar surface area (TPSA) is 197 Å². The first-order chi connectivity index (χ1) is 22.0. The van der Waals surface area contributed by atoms with Crippen LogP contribution < -0.4 is 27.0 Å². The van der Waals surface area contributed by atoms with Crippen LogP contribution in [0.1, 0.15) is 83.6 Å². The number of nitrogens with two attached hydrogens (primary N) is 1. The molecule has 1 aromatic carbocycles. The van der Waals surface area contributed by atoms with Crippen molar-refractivity contribution in [2.45, 2.75) is 90.5 Å². The molecule has 5 amide bonds. The number of carbonyl (C=O) groups excluding carboxylic acids is 7. The number of nitrogens with zero attached hydrogens (tertiary/aromatic N) is 1. The first-order valence-electron chi connectivity index (χ1n) is 16.1. The van der Waals surface area contributed by atoms with Gasteiger partial charge in [0.25, 0.3) is 0 Å². The summed E-state index contributed by atoms with van der Waals surface area (Å²) in [5.74, 6) is -1.78. The van der Waals surface area contributed by atoms with Crippen molar-refractivity contribution in [1.29, 1.82) is 0 Å². The normalized spacial score (nSPS) is 11.4. The van der Waals surface area contributed by atoms with Gasteiger partial charge in [0.05, 0.1) is 25.7 Å². The number of hydrogen-bond donors (Lipinski definition) is 5. The van der Waals surface area contributed by atoms with Gasteiger partial charge >= 0.3 is 0 Å². The summed E-state index contributed by atoms with van der Waals surface area (Å²) >= 11 is 0. The second-order valence-electron chi connectivity index (χ2n) is 11.5. The second-order valence-corrected chi connectivity index (χ2v) is 11.5. The van der Waals surface area contributed by atoms with Crippen molar-refractivity contribution in [3.05, 3.63) is 35.9 Å². The fraction of sp³-hybridized carbons (Fsp3) is 0.606. The Labute approximate surface area is 272 Å². The Morgan fingerprint density at radius 2 is 1.07 bits per heavy atom. The first-order valence-corrected chi connectivity index (χ1v) is 16.1. The molecule has 0 radical (unpaired) electrons. The highest BCUT2D eigenvalue weighted by Crippen LogP contribution is 2.03.